The lowest BCUT2D eigenvalue weighted by Crippen LogP contribution is -2.03. The third kappa shape index (κ3) is 2.79. The largest absolute Gasteiger partial charge is 0.398 e. The number of benzene rings is 1. The van der Waals surface area contributed by atoms with Crippen LogP contribution in [0.3, 0.4) is 0 Å². The van der Waals surface area contributed by atoms with Gasteiger partial charge in [-0.05, 0) is 24.6 Å². The lowest BCUT2D eigenvalue weighted by Gasteiger charge is -2.07. The number of rotatable bonds is 2. The van der Waals surface area contributed by atoms with E-state index >= 15 is 0 Å². The van der Waals surface area contributed by atoms with Crippen LogP contribution in [-0.2, 0) is 18.1 Å². The average molecular weight is 304 g/mol. The molecule has 0 aromatic heterocycles. The summed E-state index contributed by atoms with van der Waals surface area (Å²) >= 11 is 0. The molecule has 1 aromatic carbocycles. The summed E-state index contributed by atoms with van der Waals surface area (Å²) in [5.41, 5.74) is 5.54. The fraction of sp³-hybridized carbons (Fsp3) is 0.143. The second kappa shape index (κ2) is 4.06. The molecule has 1 rings (SSSR count). The molecule has 0 saturated heterocycles. The van der Waals surface area contributed by atoms with Crippen molar-refractivity contribution in [2.24, 2.45) is 0 Å². The van der Waals surface area contributed by atoms with Gasteiger partial charge in [0.25, 0.3) is 18.1 Å². The summed E-state index contributed by atoms with van der Waals surface area (Å²) in [4.78, 5) is -0.804. The minimum absolute atomic E-state index is 0.128. The molecule has 0 spiro atoms. The highest BCUT2D eigenvalue weighted by atomic mass is 35.7. The number of nitrogens with two attached hydrogens (primary N) is 1. The van der Waals surface area contributed by atoms with E-state index in [1.54, 1.807) is 0 Å². The van der Waals surface area contributed by atoms with E-state index in [0.717, 1.165) is 6.07 Å². The Hall–Kier alpha value is -0.500. The third-order valence-electron chi connectivity index (χ3n) is 1.83. The van der Waals surface area contributed by atoms with Crippen molar-refractivity contribution < 1.29 is 16.8 Å². The Bertz CT molecular complexity index is 583. The first-order chi connectivity index (χ1) is 7.03. The summed E-state index contributed by atoms with van der Waals surface area (Å²) in [5, 5.41) is 0. The normalized spacial score (nSPS) is 12.7. The summed E-state index contributed by atoms with van der Waals surface area (Å²) < 4.78 is 44.4. The van der Waals surface area contributed by atoms with Crippen LogP contribution in [0.2, 0.25) is 0 Å². The number of hydrogen-bond acceptors (Lipinski definition) is 5. The fourth-order valence-corrected chi connectivity index (χ4v) is 3.44. The Labute approximate surface area is 102 Å². The molecule has 0 unspecified atom stereocenters. The Morgan fingerprint density at radius 1 is 1.00 bits per heavy atom. The Kier molecular flexibility index (Phi) is 3.45. The van der Waals surface area contributed by atoms with Crippen LogP contribution in [0.15, 0.2) is 21.9 Å². The first kappa shape index (κ1) is 13.6. The zero-order valence-electron chi connectivity index (χ0n) is 7.94. The first-order valence-corrected chi connectivity index (χ1v) is 8.45. The molecule has 2 N–H and O–H groups in total. The molecule has 0 fully saturated rings. The molecule has 0 radical (unpaired) electrons. The van der Waals surface area contributed by atoms with E-state index in [1.807, 2.05) is 0 Å². The van der Waals surface area contributed by atoms with Crippen LogP contribution < -0.4 is 5.73 Å². The van der Waals surface area contributed by atoms with Crippen LogP contribution in [0.4, 0.5) is 5.69 Å². The van der Waals surface area contributed by atoms with E-state index in [-0.39, 0.29) is 16.1 Å². The van der Waals surface area contributed by atoms with Gasteiger partial charge in [-0.15, -0.1) is 0 Å². The van der Waals surface area contributed by atoms with Crippen LogP contribution in [0, 0.1) is 6.92 Å². The van der Waals surface area contributed by atoms with E-state index in [9.17, 15) is 16.8 Å². The van der Waals surface area contributed by atoms with E-state index in [0.29, 0.717) is 0 Å². The summed E-state index contributed by atoms with van der Waals surface area (Å²) in [7, 11) is 2.08. The van der Waals surface area contributed by atoms with Gasteiger partial charge < -0.3 is 5.73 Å². The Morgan fingerprint density at radius 3 is 1.81 bits per heavy atom. The quantitative estimate of drug-likeness (QED) is 0.659. The van der Waals surface area contributed by atoms with E-state index in [4.69, 9.17) is 27.1 Å². The molecule has 1 aromatic rings. The maximum atomic E-state index is 11.1. The molecule has 0 aliphatic heterocycles. The highest BCUT2D eigenvalue weighted by molar-refractivity contribution is 8.14. The van der Waals surface area contributed by atoms with E-state index < -0.39 is 23.0 Å². The van der Waals surface area contributed by atoms with Crippen LogP contribution in [0.25, 0.3) is 0 Å². The molecule has 0 aliphatic rings. The van der Waals surface area contributed by atoms with Gasteiger partial charge in [0.2, 0.25) is 0 Å². The van der Waals surface area contributed by atoms with Crippen molar-refractivity contribution in [1.82, 2.24) is 0 Å². The molecule has 0 heterocycles. The summed E-state index contributed by atoms with van der Waals surface area (Å²) in [6.07, 6.45) is 0. The third-order valence-corrected chi connectivity index (χ3v) is 4.67. The molecule has 0 saturated carbocycles. The van der Waals surface area contributed by atoms with Crippen molar-refractivity contribution in [3.05, 3.63) is 17.7 Å². The zero-order valence-corrected chi connectivity index (χ0v) is 11.1. The number of aryl methyl sites for hydroxylation is 1. The van der Waals surface area contributed by atoms with Crippen molar-refractivity contribution in [2.45, 2.75) is 16.7 Å². The molecule has 9 heteroatoms. The highest BCUT2D eigenvalue weighted by Crippen LogP contribution is 2.29. The smallest absolute Gasteiger partial charge is 0.263 e. The van der Waals surface area contributed by atoms with Crippen LogP contribution in [0.5, 0.6) is 0 Å². The van der Waals surface area contributed by atoms with Crippen molar-refractivity contribution in [1.29, 1.82) is 0 Å². The van der Waals surface area contributed by atoms with Crippen molar-refractivity contribution >= 4 is 45.2 Å². The monoisotopic (exact) mass is 303 g/mol. The number of anilines is 1. The minimum atomic E-state index is -4.11. The van der Waals surface area contributed by atoms with Gasteiger partial charge in [0.1, 0.15) is 4.90 Å². The maximum Gasteiger partial charge on any atom is 0.263 e. The summed E-state index contributed by atoms with van der Waals surface area (Å²) in [5.74, 6) is 0. The maximum absolute atomic E-state index is 11.1. The number of hydrogen-bond donors (Lipinski definition) is 1. The van der Waals surface area contributed by atoms with Gasteiger partial charge in [-0.25, -0.2) is 16.8 Å². The molecule has 0 aliphatic carbocycles. The standard InChI is InChI=1S/C7H7Cl2NO4S2/c1-4-2-5(10)7(16(9,13)14)3-6(4)15(8,11)12/h2-3H,10H2,1H3. The number of nitrogen functional groups attached to an aromatic ring is 1. The lowest BCUT2D eigenvalue weighted by atomic mass is 10.2. The van der Waals surface area contributed by atoms with Gasteiger partial charge >= 0.3 is 0 Å². The summed E-state index contributed by atoms with van der Waals surface area (Å²) in [6, 6.07) is 2.03. The van der Waals surface area contributed by atoms with Gasteiger partial charge in [0.15, 0.2) is 0 Å². The second-order valence-electron chi connectivity index (χ2n) is 3.03. The molecule has 90 valence electrons. The van der Waals surface area contributed by atoms with E-state index in [1.165, 1.54) is 13.0 Å². The van der Waals surface area contributed by atoms with E-state index in [2.05, 4.69) is 0 Å². The van der Waals surface area contributed by atoms with Crippen LogP contribution in [-0.4, -0.2) is 16.8 Å². The van der Waals surface area contributed by atoms with Crippen molar-refractivity contribution in [2.75, 3.05) is 5.73 Å². The molecule has 0 amide bonds. The molecule has 0 atom stereocenters. The Morgan fingerprint density at radius 2 is 1.44 bits per heavy atom. The van der Waals surface area contributed by atoms with Gasteiger partial charge in [0, 0.05) is 21.4 Å². The first-order valence-electron chi connectivity index (χ1n) is 3.83. The second-order valence-corrected chi connectivity index (χ2v) is 8.10. The van der Waals surface area contributed by atoms with Gasteiger partial charge in [-0.2, -0.15) is 0 Å². The molecule has 5 nitrogen and oxygen atoms in total. The highest BCUT2D eigenvalue weighted by Gasteiger charge is 2.21. The van der Waals surface area contributed by atoms with Crippen LogP contribution >= 0.6 is 21.4 Å². The van der Waals surface area contributed by atoms with Crippen LogP contribution in [0.1, 0.15) is 5.56 Å². The Balaban J connectivity index is 3.72. The van der Waals surface area contributed by atoms with Gasteiger partial charge in [0.05, 0.1) is 10.6 Å². The fourth-order valence-electron chi connectivity index (χ4n) is 1.17. The van der Waals surface area contributed by atoms with Gasteiger partial charge in [-0.1, -0.05) is 0 Å². The topological polar surface area (TPSA) is 94.3 Å². The minimum Gasteiger partial charge on any atom is -0.398 e. The predicted molar refractivity (Wildman–Crippen MR) is 61.7 cm³/mol. The number of halogens is 2. The SMILES string of the molecule is Cc1cc(N)c(S(=O)(=O)Cl)cc1S(=O)(=O)Cl. The molecule has 16 heavy (non-hydrogen) atoms. The molecular formula is C7H7Cl2NO4S2. The molecular weight excluding hydrogens is 297 g/mol. The van der Waals surface area contributed by atoms with Gasteiger partial charge in [-0.3, -0.25) is 0 Å². The average Bonchev–Trinajstić information content (AvgIpc) is 1.97. The lowest BCUT2D eigenvalue weighted by molar-refractivity contribution is 0.608. The zero-order chi connectivity index (χ0) is 12.7. The molecule has 0 bridgehead atoms. The van der Waals surface area contributed by atoms with Crippen molar-refractivity contribution in [3.8, 4) is 0 Å². The predicted octanol–water partition coefficient (Wildman–Crippen LogP) is 1.43. The summed E-state index contributed by atoms with van der Waals surface area (Å²) in [6.45, 7) is 1.44. The van der Waals surface area contributed by atoms with Crippen molar-refractivity contribution in [3.63, 3.8) is 0 Å².